The first-order valence-corrected chi connectivity index (χ1v) is 6.41. The predicted molar refractivity (Wildman–Crippen MR) is 68.1 cm³/mol. The maximum atomic E-state index is 5.18. The molecule has 0 radical (unpaired) electrons. The van der Waals surface area contributed by atoms with Gasteiger partial charge in [-0.2, -0.15) is 0 Å². The summed E-state index contributed by atoms with van der Waals surface area (Å²) in [6.45, 7) is 6.01. The fourth-order valence-electron chi connectivity index (χ4n) is 3.07. The molecule has 3 heteroatoms. The van der Waals surface area contributed by atoms with Crippen molar-refractivity contribution >= 4 is 0 Å². The number of hydrogen-bond donors (Lipinski definition) is 1. The molecule has 0 aliphatic carbocycles. The number of nitrogens with zero attached hydrogens (tertiary/aromatic N) is 1. The molecule has 1 N–H and O–H groups in total. The third-order valence-corrected chi connectivity index (χ3v) is 4.03. The zero-order chi connectivity index (χ0) is 11.7. The van der Waals surface area contributed by atoms with Gasteiger partial charge in [0.25, 0.3) is 0 Å². The minimum atomic E-state index is 0.883. The van der Waals surface area contributed by atoms with Crippen LogP contribution in [0.25, 0.3) is 0 Å². The van der Waals surface area contributed by atoms with E-state index in [1.54, 1.807) is 7.11 Å². The van der Waals surface area contributed by atoms with Crippen molar-refractivity contribution in [1.82, 2.24) is 10.2 Å². The van der Waals surface area contributed by atoms with Crippen LogP contribution in [-0.2, 0) is 6.54 Å². The van der Waals surface area contributed by atoms with Gasteiger partial charge in [-0.3, -0.25) is 4.90 Å². The van der Waals surface area contributed by atoms with Crippen LogP contribution in [0.3, 0.4) is 0 Å². The van der Waals surface area contributed by atoms with Crippen molar-refractivity contribution in [2.24, 2.45) is 11.8 Å². The van der Waals surface area contributed by atoms with Crippen molar-refractivity contribution in [2.75, 3.05) is 33.3 Å². The van der Waals surface area contributed by atoms with Crippen LogP contribution in [-0.4, -0.2) is 38.2 Å². The number of hydrogen-bond acceptors (Lipinski definition) is 3. The summed E-state index contributed by atoms with van der Waals surface area (Å²) in [6, 6.07) is 8.44. The molecule has 92 valence electrons. The largest absolute Gasteiger partial charge is 0.497 e. The lowest BCUT2D eigenvalue weighted by Crippen LogP contribution is -2.25. The smallest absolute Gasteiger partial charge is 0.118 e. The van der Waals surface area contributed by atoms with E-state index in [0.717, 1.165) is 24.1 Å². The highest BCUT2D eigenvalue weighted by Gasteiger charge is 2.35. The van der Waals surface area contributed by atoms with Crippen molar-refractivity contribution in [3.8, 4) is 5.75 Å². The molecule has 2 aliphatic heterocycles. The molecule has 0 saturated carbocycles. The van der Waals surface area contributed by atoms with Crippen LogP contribution in [0, 0.1) is 11.8 Å². The summed E-state index contributed by atoms with van der Waals surface area (Å²) in [7, 11) is 1.71. The fourth-order valence-corrected chi connectivity index (χ4v) is 3.07. The molecule has 17 heavy (non-hydrogen) atoms. The highest BCUT2D eigenvalue weighted by Crippen LogP contribution is 2.27. The van der Waals surface area contributed by atoms with Crippen molar-refractivity contribution in [1.29, 1.82) is 0 Å². The van der Waals surface area contributed by atoms with Crippen LogP contribution < -0.4 is 10.1 Å². The SMILES string of the molecule is COc1ccc(CN2C[C@H]3CNC[C@H]3C2)cc1. The maximum absolute atomic E-state index is 5.18. The molecular weight excluding hydrogens is 212 g/mol. The average Bonchev–Trinajstić information content (AvgIpc) is 2.90. The summed E-state index contributed by atoms with van der Waals surface area (Å²) < 4.78 is 5.18. The standard InChI is InChI=1S/C14H20N2O/c1-17-14-4-2-11(3-5-14)8-16-9-12-6-15-7-13(12)10-16/h2-5,12-13,15H,6-10H2,1H3/t12-,13+. The van der Waals surface area contributed by atoms with E-state index in [1.165, 1.54) is 31.7 Å². The van der Waals surface area contributed by atoms with E-state index < -0.39 is 0 Å². The zero-order valence-corrected chi connectivity index (χ0v) is 10.4. The third-order valence-electron chi connectivity index (χ3n) is 4.03. The molecule has 2 atom stereocenters. The van der Waals surface area contributed by atoms with Gasteiger partial charge >= 0.3 is 0 Å². The van der Waals surface area contributed by atoms with Crippen molar-refractivity contribution in [2.45, 2.75) is 6.54 Å². The molecule has 2 heterocycles. The fraction of sp³-hybridized carbons (Fsp3) is 0.571. The second-order valence-corrected chi connectivity index (χ2v) is 5.22. The second-order valence-electron chi connectivity index (χ2n) is 5.22. The number of methoxy groups -OCH3 is 1. The van der Waals surface area contributed by atoms with Crippen LogP contribution in [0.1, 0.15) is 5.56 Å². The van der Waals surface area contributed by atoms with E-state index in [4.69, 9.17) is 4.74 Å². The predicted octanol–water partition coefficient (Wildman–Crippen LogP) is 1.35. The molecule has 0 spiro atoms. The number of nitrogens with one attached hydrogen (secondary N) is 1. The lowest BCUT2D eigenvalue weighted by atomic mass is 10.0. The first kappa shape index (κ1) is 11.1. The summed E-state index contributed by atoms with van der Waals surface area (Å²) in [4.78, 5) is 2.58. The van der Waals surface area contributed by atoms with Gasteiger partial charge in [0.05, 0.1) is 7.11 Å². The molecule has 3 rings (SSSR count). The maximum Gasteiger partial charge on any atom is 0.118 e. The third kappa shape index (κ3) is 2.31. The molecule has 1 aromatic rings. The van der Waals surface area contributed by atoms with Gasteiger partial charge in [0, 0.05) is 19.6 Å². The van der Waals surface area contributed by atoms with Gasteiger partial charge in [0.2, 0.25) is 0 Å². The van der Waals surface area contributed by atoms with E-state index in [1.807, 2.05) is 12.1 Å². The Labute approximate surface area is 103 Å². The second kappa shape index (κ2) is 4.67. The summed E-state index contributed by atoms with van der Waals surface area (Å²) in [5, 5.41) is 3.48. The Balaban J connectivity index is 1.59. The molecular formula is C14H20N2O. The monoisotopic (exact) mass is 232 g/mol. The first-order chi connectivity index (χ1) is 8.35. The molecule has 2 aliphatic rings. The number of likely N-dealkylation sites (tertiary alicyclic amines) is 1. The van der Waals surface area contributed by atoms with Gasteiger partial charge in [-0.25, -0.2) is 0 Å². The van der Waals surface area contributed by atoms with Gasteiger partial charge in [-0.15, -0.1) is 0 Å². The topological polar surface area (TPSA) is 24.5 Å². The molecule has 0 unspecified atom stereocenters. The first-order valence-electron chi connectivity index (χ1n) is 6.41. The van der Waals surface area contributed by atoms with Crippen LogP contribution in [0.2, 0.25) is 0 Å². The van der Waals surface area contributed by atoms with Gasteiger partial charge in [0.1, 0.15) is 5.75 Å². The summed E-state index contributed by atoms with van der Waals surface area (Å²) in [5.74, 6) is 2.71. The highest BCUT2D eigenvalue weighted by atomic mass is 16.5. The van der Waals surface area contributed by atoms with Crippen LogP contribution in [0.5, 0.6) is 5.75 Å². The van der Waals surface area contributed by atoms with Crippen molar-refractivity contribution in [3.63, 3.8) is 0 Å². The van der Waals surface area contributed by atoms with E-state index in [0.29, 0.717) is 0 Å². The summed E-state index contributed by atoms with van der Waals surface area (Å²) >= 11 is 0. The molecule has 3 nitrogen and oxygen atoms in total. The van der Waals surface area contributed by atoms with E-state index in [-0.39, 0.29) is 0 Å². The van der Waals surface area contributed by atoms with Gasteiger partial charge < -0.3 is 10.1 Å². The summed E-state index contributed by atoms with van der Waals surface area (Å²) in [5.41, 5.74) is 1.39. The van der Waals surface area contributed by atoms with E-state index in [9.17, 15) is 0 Å². The lowest BCUT2D eigenvalue weighted by Gasteiger charge is -2.17. The Morgan fingerprint density at radius 1 is 1.18 bits per heavy atom. The minimum Gasteiger partial charge on any atom is -0.497 e. The molecule has 0 amide bonds. The van der Waals surface area contributed by atoms with E-state index >= 15 is 0 Å². The minimum absolute atomic E-state index is 0.883. The van der Waals surface area contributed by atoms with Gasteiger partial charge in [-0.1, -0.05) is 12.1 Å². The van der Waals surface area contributed by atoms with E-state index in [2.05, 4.69) is 22.3 Å². The molecule has 1 aromatic carbocycles. The number of rotatable bonds is 3. The van der Waals surface area contributed by atoms with Crippen LogP contribution in [0.15, 0.2) is 24.3 Å². The number of benzene rings is 1. The van der Waals surface area contributed by atoms with Crippen molar-refractivity contribution < 1.29 is 4.74 Å². The Bertz CT molecular complexity index is 364. The molecule has 0 aromatic heterocycles. The summed E-state index contributed by atoms with van der Waals surface area (Å²) in [6.07, 6.45) is 0. The molecule has 0 bridgehead atoms. The quantitative estimate of drug-likeness (QED) is 0.851. The lowest BCUT2D eigenvalue weighted by molar-refractivity contribution is 0.305. The Morgan fingerprint density at radius 3 is 2.41 bits per heavy atom. The van der Waals surface area contributed by atoms with Crippen LogP contribution in [0.4, 0.5) is 0 Å². The molecule has 2 fully saturated rings. The average molecular weight is 232 g/mol. The van der Waals surface area contributed by atoms with Crippen molar-refractivity contribution in [3.05, 3.63) is 29.8 Å². The van der Waals surface area contributed by atoms with Gasteiger partial charge in [0.15, 0.2) is 0 Å². The number of fused-ring (bicyclic) bond motifs is 1. The Hall–Kier alpha value is -1.06. The Morgan fingerprint density at radius 2 is 1.82 bits per heavy atom. The van der Waals surface area contributed by atoms with Crippen LogP contribution >= 0.6 is 0 Å². The molecule has 2 saturated heterocycles. The Kier molecular flexibility index (Phi) is 3.04. The zero-order valence-electron chi connectivity index (χ0n) is 10.4. The van der Waals surface area contributed by atoms with Gasteiger partial charge in [-0.05, 0) is 42.6 Å². The number of ether oxygens (including phenoxy) is 1. The normalized spacial score (nSPS) is 28.3. The highest BCUT2D eigenvalue weighted by molar-refractivity contribution is 5.27.